The Balaban J connectivity index is 1.70. The molecule has 0 fully saturated rings. The molecule has 0 aliphatic carbocycles. The lowest BCUT2D eigenvalue weighted by Gasteiger charge is -2.11. The number of nitrogens with zero attached hydrogens (tertiary/aromatic N) is 1. The lowest BCUT2D eigenvalue weighted by atomic mass is 10.1. The van der Waals surface area contributed by atoms with Gasteiger partial charge >= 0.3 is 6.03 Å². The van der Waals surface area contributed by atoms with Gasteiger partial charge in [0.05, 0.1) is 12.6 Å². The number of nitrogens with one attached hydrogen (secondary N) is 3. The molecule has 2 amide bonds. The van der Waals surface area contributed by atoms with E-state index in [2.05, 4.69) is 21.2 Å². The Kier molecular flexibility index (Phi) is 4.47. The molecule has 3 rings (SSSR count). The van der Waals surface area contributed by atoms with E-state index in [1.165, 1.54) is 0 Å². The lowest BCUT2D eigenvalue weighted by Crippen LogP contribution is -2.33. The molecule has 0 aliphatic heterocycles. The van der Waals surface area contributed by atoms with Crippen LogP contribution in [-0.2, 0) is 0 Å². The monoisotopic (exact) mass is 322 g/mol. The Labute approximate surface area is 139 Å². The molecule has 3 N–H and O–H groups in total. The number of benzene rings is 2. The number of hydrogen-bond donors (Lipinski definition) is 3. The molecular formula is C18H18N4O2. The maximum atomic E-state index is 11.9. The molecule has 122 valence electrons. The maximum Gasteiger partial charge on any atom is 0.337 e. The Bertz CT molecular complexity index is 866. The third-order valence-electron chi connectivity index (χ3n) is 3.56. The molecule has 6 nitrogen and oxygen atoms in total. The van der Waals surface area contributed by atoms with Crippen molar-refractivity contribution in [1.29, 1.82) is 0 Å². The summed E-state index contributed by atoms with van der Waals surface area (Å²) in [5.74, 6) is 1.35. The number of amides is 2. The van der Waals surface area contributed by atoms with Gasteiger partial charge in [0.25, 0.3) is 0 Å². The van der Waals surface area contributed by atoms with Crippen LogP contribution in [0.2, 0.25) is 0 Å². The van der Waals surface area contributed by atoms with Crippen molar-refractivity contribution in [3.05, 3.63) is 60.2 Å². The van der Waals surface area contributed by atoms with Gasteiger partial charge in [-0.05, 0) is 48.9 Å². The number of hydrogen-bond acceptors (Lipinski definition) is 4. The quantitative estimate of drug-likeness (QED) is 0.640. The summed E-state index contributed by atoms with van der Waals surface area (Å²) in [6, 6.07) is 16.4. The number of methoxy groups -OCH3 is 1. The maximum absolute atomic E-state index is 11.9. The minimum atomic E-state index is -0.365. The van der Waals surface area contributed by atoms with Crippen LogP contribution in [0, 0.1) is 6.92 Å². The molecule has 0 spiro atoms. The first-order valence-electron chi connectivity index (χ1n) is 7.49. The zero-order valence-electron chi connectivity index (χ0n) is 13.5. The summed E-state index contributed by atoms with van der Waals surface area (Å²) >= 11 is 0. The predicted molar refractivity (Wildman–Crippen MR) is 95.3 cm³/mol. The highest BCUT2D eigenvalue weighted by atomic mass is 16.5. The van der Waals surface area contributed by atoms with E-state index < -0.39 is 0 Å². The highest BCUT2D eigenvalue weighted by Gasteiger charge is 2.06. The third-order valence-corrected chi connectivity index (χ3v) is 3.56. The summed E-state index contributed by atoms with van der Waals surface area (Å²) in [6.07, 6.45) is 0. The molecule has 0 atom stereocenters. The lowest BCUT2D eigenvalue weighted by molar-refractivity contribution is 0.254. The van der Waals surface area contributed by atoms with Crippen LogP contribution in [0.15, 0.2) is 54.6 Å². The van der Waals surface area contributed by atoms with Crippen LogP contribution in [0.1, 0.15) is 5.56 Å². The van der Waals surface area contributed by atoms with Crippen LogP contribution in [0.5, 0.6) is 5.75 Å². The van der Waals surface area contributed by atoms with Gasteiger partial charge in [-0.15, -0.1) is 0 Å². The van der Waals surface area contributed by atoms with Gasteiger partial charge in [0, 0.05) is 11.1 Å². The fraction of sp³-hybridized carbons (Fsp3) is 0.111. The number of carbonyl (C=O) groups is 1. The van der Waals surface area contributed by atoms with E-state index in [9.17, 15) is 4.79 Å². The Morgan fingerprint density at radius 1 is 1.08 bits per heavy atom. The van der Waals surface area contributed by atoms with Crippen molar-refractivity contribution < 1.29 is 9.53 Å². The largest absolute Gasteiger partial charge is 0.497 e. The summed E-state index contributed by atoms with van der Waals surface area (Å²) in [4.78, 5) is 16.4. The number of urea groups is 1. The molecule has 1 aromatic heterocycles. The summed E-state index contributed by atoms with van der Waals surface area (Å²) in [7, 11) is 1.63. The van der Waals surface area contributed by atoms with Crippen molar-refractivity contribution in [3.63, 3.8) is 0 Å². The van der Waals surface area contributed by atoms with E-state index in [1.807, 2.05) is 61.5 Å². The summed E-state index contributed by atoms with van der Waals surface area (Å²) in [6.45, 7) is 1.98. The topological polar surface area (TPSA) is 75.3 Å². The number of pyridine rings is 1. The van der Waals surface area contributed by atoms with Gasteiger partial charge in [0.1, 0.15) is 11.6 Å². The van der Waals surface area contributed by atoms with Crippen molar-refractivity contribution >= 4 is 28.4 Å². The van der Waals surface area contributed by atoms with Crippen molar-refractivity contribution in [1.82, 2.24) is 10.4 Å². The van der Waals surface area contributed by atoms with E-state index in [0.29, 0.717) is 11.5 Å². The molecule has 0 aliphatic rings. The van der Waals surface area contributed by atoms with Gasteiger partial charge in [-0.2, -0.15) is 0 Å². The minimum Gasteiger partial charge on any atom is -0.497 e. The predicted octanol–water partition coefficient (Wildman–Crippen LogP) is 3.70. The second-order valence-corrected chi connectivity index (χ2v) is 5.28. The first kappa shape index (κ1) is 15.6. The van der Waals surface area contributed by atoms with Crippen LogP contribution >= 0.6 is 0 Å². The fourth-order valence-electron chi connectivity index (χ4n) is 2.37. The Morgan fingerprint density at radius 2 is 1.88 bits per heavy atom. The van der Waals surface area contributed by atoms with Crippen LogP contribution in [0.3, 0.4) is 0 Å². The average molecular weight is 322 g/mol. The normalized spacial score (nSPS) is 10.2. The molecule has 2 aromatic carbocycles. The molecular weight excluding hydrogens is 304 g/mol. The van der Waals surface area contributed by atoms with Gasteiger partial charge in [0.2, 0.25) is 0 Å². The van der Waals surface area contributed by atoms with Crippen LogP contribution in [0.4, 0.5) is 16.3 Å². The smallest absolute Gasteiger partial charge is 0.337 e. The summed E-state index contributed by atoms with van der Waals surface area (Å²) in [5.41, 5.74) is 7.97. The number of anilines is 2. The minimum absolute atomic E-state index is 0.365. The summed E-state index contributed by atoms with van der Waals surface area (Å²) < 4.78 is 5.23. The summed E-state index contributed by atoms with van der Waals surface area (Å²) in [5, 5.41) is 3.73. The van der Waals surface area contributed by atoms with Crippen molar-refractivity contribution in [2.24, 2.45) is 0 Å². The number of hydrazine groups is 1. The van der Waals surface area contributed by atoms with E-state index in [4.69, 9.17) is 4.74 Å². The van der Waals surface area contributed by atoms with Crippen molar-refractivity contribution in [3.8, 4) is 5.75 Å². The number of rotatable bonds is 4. The van der Waals surface area contributed by atoms with Crippen molar-refractivity contribution in [2.75, 3.05) is 17.9 Å². The number of aryl methyl sites for hydroxylation is 1. The van der Waals surface area contributed by atoms with E-state index in [0.717, 1.165) is 22.2 Å². The van der Waals surface area contributed by atoms with Crippen LogP contribution in [0.25, 0.3) is 10.9 Å². The SMILES string of the molecule is COc1ccc2nc(NNC(=O)Nc3ccccc3)cc(C)c2c1. The molecule has 0 saturated carbocycles. The van der Waals surface area contributed by atoms with Gasteiger partial charge in [0.15, 0.2) is 0 Å². The van der Waals surface area contributed by atoms with Gasteiger partial charge < -0.3 is 10.1 Å². The zero-order chi connectivity index (χ0) is 16.9. The molecule has 0 saturated heterocycles. The van der Waals surface area contributed by atoms with E-state index >= 15 is 0 Å². The van der Waals surface area contributed by atoms with Crippen LogP contribution < -0.4 is 20.9 Å². The number of fused-ring (bicyclic) bond motifs is 1. The first-order valence-corrected chi connectivity index (χ1v) is 7.49. The Morgan fingerprint density at radius 3 is 2.62 bits per heavy atom. The number of carbonyl (C=O) groups excluding carboxylic acids is 1. The van der Waals surface area contributed by atoms with Crippen molar-refractivity contribution in [2.45, 2.75) is 6.92 Å². The molecule has 0 unspecified atom stereocenters. The average Bonchev–Trinajstić information content (AvgIpc) is 2.60. The Hall–Kier alpha value is -3.28. The van der Waals surface area contributed by atoms with E-state index in [1.54, 1.807) is 7.11 Å². The second kappa shape index (κ2) is 6.87. The molecule has 0 radical (unpaired) electrons. The fourth-order valence-corrected chi connectivity index (χ4v) is 2.37. The van der Waals surface area contributed by atoms with Gasteiger partial charge in [-0.25, -0.2) is 9.78 Å². The van der Waals surface area contributed by atoms with E-state index in [-0.39, 0.29) is 6.03 Å². The number of para-hydroxylation sites is 1. The molecule has 24 heavy (non-hydrogen) atoms. The highest BCUT2D eigenvalue weighted by molar-refractivity contribution is 5.90. The van der Waals surface area contributed by atoms with Crippen LogP contribution in [-0.4, -0.2) is 18.1 Å². The number of aromatic nitrogens is 1. The van der Waals surface area contributed by atoms with Gasteiger partial charge in [-0.1, -0.05) is 18.2 Å². The second-order valence-electron chi connectivity index (χ2n) is 5.28. The number of ether oxygens (including phenoxy) is 1. The standard InChI is InChI=1S/C18H18N4O2/c1-12-10-17(20-16-9-8-14(24-2)11-15(12)16)21-22-18(23)19-13-6-4-3-5-7-13/h3-11H,1-2H3,(H,20,21)(H2,19,22,23). The molecule has 6 heteroatoms. The molecule has 1 heterocycles. The molecule has 3 aromatic rings. The molecule has 0 bridgehead atoms. The first-order chi connectivity index (χ1) is 11.7. The highest BCUT2D eigenvalue weighted by Crippen LogP contribution is 2.24. The van der Waals surface area contributed by atoms with Gasteiger partial charge in [-0.3, -0.25) is 10.9 Å². The third kappa shape index (κ3) is 3.55. The zero-order valence-corrected chi connectivity index (χ0v) is 13.5.